The van der Waals surface area contributed by atoms with E-state index in [1.807, 2.05) is 0 Å². The van der Waals surface area contributed by atoms with Gasteiger partial charge in [0, 0.05) is 19.0 Å². The molecule has 2 aromatic rings. The van der Waals surface area contributed by atoms with Crippen molar-refractivity contribution in [1.29, 1.82) is 0 Å². The highest BCUT2D eigenvalue weighted by molar-refractivity contribution is 9.11. The zero-order valence-electron chi connectivity index (χ0n) is 10.7. The summed E-state index contributed by atoms with van der Waals surface area (Å²) in [6.07, 6.45) is 0.543. The third-order valence-corrected chi connectivity index (χ3v) is 6.37. The Morgan fingerprint density at radius 2 is 1.95 bits per heavy atom. The van der Waals surface area contributed by atoms with Crippen LogP contribution in [-0.4, -0.2) is 26.3 Å². The summed E-state index contributed by atoms with van der Waals surface area (Å²) in [5.41, 5.74) is 0.903. The van der Waals surface area contributed by atoms with Crippen molar-refractivity contribution < 1.29 is 12.8 Å². The Kier molecular flexibility index (Phi) is 4.95. The summed E-state index contributed by atoms with van der Waals surface area (Å²) >= 11 is 4.59. The van der Waals surface area contributed by atoms with Crippen LogP contribution in [0.1, 0.15) is 5.56 Å². The van der Waals surface area contributed by atoms with E-state index in [1.165, 1.54) is 27.8 Å². The fourth-order valence-electron chi connectivity index (χ4n) is 1.67. The molecule has 2 rings (SSSR count). The largest absolute Gasteiger partial charge is 0.243 e. The van der Waals surface area contributed by atoms with E-state index in [9.17, 15) is 12.8 Å². The molecule has 0 aliphatic heterocycles. The molecule has 0 unspecified atom stereocenters. The van der Waals surface area contributed by atoms with Crippen molar-refractivity contribution in [2.45, 2.75) is 11.3 Å². The highest BCUT2D eigenvalue weighted by Crippen LogP contribution is 2.26. The van der Waals surface area contributed by atoms with Crippen molar-refractivity contribution in [2.24, 2.45) is 0 Å². The van der Waals surface area contributed by atoms with Crippen LogP contribution in [0.2, 0.25) is 0 Å². The minimum atomic E-state index is -3.46. The summed E-state index contributed by atoms with van der Waals surface area (Å²) in [6.45, 7) is 0.349. The van der Waals surface area contributed by atoms with E-state index in [-0.39, 0.29) is 10.7 Å². The van der Waals surface area contributed by atoms with E-state index in [2.05, 4.69) is 15.9 Å². The van der Waals surface area contributed by atoms with Gasteiger partial charge in [-0.3, -0.25) is 0 Å². The molecule has 0 spiro atoms. The normalized spacial score (nSPS) is 12.0. The summed E-state index contributed by atoms with van der Waals surface area (Å²) in [5, 5.41) is 1.60. The minimum absolute atomic E-state index is 0.288. The molecular formula is C13H13BrFNO2S2. The predicted molar refractivity (Wildman–Crippen MR) is 81.9 cm³/mol. The van der Waals surface area contributed by atoms with Gasteiger partial charge in [-0.25, -0.2) is 17.1 Å². The average molecular weight is 378 g/mol. The molecular weight excluding hydrogens is 365 g/mol. The highest BCUT2D eigenvalue weighted by atomic mass is 79.9. The molecule has 0 atom stereocenters. The molecule has 0 N–H and O–H groups in total. The van der Waals surface area contributed by atoms with E-state index >= 15 is 0 Å². The van der Waals surface area contributed by atoms with Gasteiger partial charge in [-0.1, -0.05) is 12.1 Å². The van der Waals surface area contributed by atoms with Crippen molar-refractivity contribution in [1.82, 2.24) is 4.31 Å². The first-order valence-corrected chi connectivity index (χ1v) is 8.95. The number of halogens is 2. The zero-order valence-corrected chi connectivity index (χ0v) is 13.9. The van der Waals surface area contributed by atoms with Crippen molar-refractivity contribution in [2.75, 3.05) is 13.6 Å². The summed E-state index contributed by atoms with van der Waals surface area (Å²) in [6, 6.07) is 7.67. The molecule has 0 radical (unpaired) electrons. The van der Waals surface area contributed by atoms with Gasteiger partial charge in [-0.05, 0) is 46.1 Å². The van der Waals surface area contributed by atoms with Crippen LogP contribution in [0.4, 0.5) is 4.39 Å². The number of sulfonamides is 1. The summed E-state index contributed by atoms with van der Waals surface area (Å²) < 4.78 is 39.4. The van der Waals surface area contributed by atoms with Crippen LogP contribution in [-0.2, 0) is 16.4 Å². The standard InChI is InChI=1S/C13H13BrFNO2S2/c1-16(7-6-10-2-4-11(15)5-3-10)20(17,18)12-8-13(14)19-9-12/h2-5,8-9H,6-7H2,1H3. The number of thiophene rings is 1. The van der Waals surface area contributed by atoms with Crippen molar-refractivity contribution in [3.8, 4) is 0 Å². The molecule has 0 fully saturated rings. The molecule has 0 saturated carbocycles. The van der Waals surface area contributed by atoms with Crippen LogP contribution in [0, 0.1) is 5.82 Å². The zero-order chi connectivity index (χ0) is 14.8. The minimum Gasteiger partial charge on any atom is -0.207 e. The second-order valence-corrected chi connectivity index (χ2v) is 8.62. The predicted octanol–water partition coefficient (Wildman–Crippen LogP) is 3.51. The Morgan fingerprint density at radius 1 is 1.30 bits per heavy atom. The van der Waals surface area contributed by atoms with Gasteiger partial charge in [0.2, 0.25) is 10.0 Å². The molecule has 1 heterocycles. The van der Waals surface area contributed by atoms with Crippen molar-refractivity contribution in [3.63, 3.8) is 0 Å². The highest BCUT2D eigenvalue weighted by Gasteiger charge is 2.21. The lowest BCUT2D eigenvalue weighted by molar-refractivity contribution is 0.472. The van der Waals surface area contributed by atoms with Crippen LogP contribution in [0.5, 0.6) is 0 Å². The molecule has 20 heavy (non-hydrogen) atoms. The Hall–Kier alpha value is -0.760. The van der Waals surface area contributed by atoms with Gasteiger partial charge in [0.15, 0.2) is 0 Å². The smallest absolute Gasteiger partial charge is 0.207 e. The lowest BCUT2D eigenvalue weighted by Gasteiger charge is -2.16. The van der Waals surface area contributed by atoms with Crippen molar-refractivity contribution in [3.05, 3.63) is 50.9 Å². The number of hydrogen-bond acceptors (Lipinski definition) is 3. The van der Waals surface area contributed by atoms with Gasteiger partial charge in [0.05, 0.1) is 8.68 Å². The maximum atomic E-state index is 12.8. The number of nitrogens with zero attached hydrogens (tertiary/aromatic N) is 1. The number of benzene rings is 1. The maximum absolute atomic E-state index is 12.8. The number of rotatable bonds is 5. The SMILES string of the molecule is CN(CCc1ccc(F)cc1)S(=O)(=O)c1csc(Br)c1. The molecule has 0 saturated heterocycles. The van der Waals surface area contributed by atoms with Gasteiger partial charge < -0.3 is 0 Å². The molecule has 3 nitrogen and oxygen atoms in total. The van der Waals surface area contributed by atoms with E-state index in [0.29, 0.717) is 13.0 Å². The summed E-state index contributed by atoms with van der Waals surface area (Å²) in [7, 11) is -1.91. The molecule has 0 amide bonds. The van der Waals surface area contributed by atoms with E-state index in [0.717, 1.165) is 9.35 Å². The molecule has 7 heteroatoms. The molecule has 0 bridgehead atoms. The molecule has 1 aromatic heterocycles. The Bertz CT molecular complexity index is 683. The monoisotopic (exact) mass is 377 g/mol. The van der Waals surface area contributed by atoms with E-state index in [4.69, 9.17) is 0 Å². The third-order valence-electron chi connectivity index (χ3n) is 2.88. The van der Waals surface area contributed by atoms with Gasteiger partial charge in [0.25, 0.3) is 0 Å². The summed E-state index contributed by atoms with van der Waals surface area (Å²) in [4.78, 5) is 0.288. The van der Waals surface area contributed by atoms with Crippen molar-refractivity contribution >= 4 is 37.3 Å². The van der Waals surface area contributed by atoms with Gasteiger partial charge in [-0.2, -0.15) is 0 Å². The second-order valence-electron chi connectivity index (χ2n) is 4.29. The van der Waals surface area contributed by atoms with Gasteiger partial charge in [0.1, 0.15) is 5.82 Å². The fraction of sp³-hybridized carbons (Fsp3) is 0.231. The first-order valence-electron chi connectivity index (χ1n) is 5.84. The average Bonchev–Trinajstić information content (AvgIpc) is 2.85. The number of likely N-dealkylation sites (N-methyl/N-ethyl adjacent to an activating group) is 1. The molecule has 0 aliphatic rings. The molecule has 1 aromatic carbocycles. The van der Waals surface area contributed by atoms with Crippen LogP contribution in [0.25, 0.3) is 0 Å². The molecule has 0 aliphatic carbocycles. The first-order chi connectivity index (χ1) is 9.39. The van der Waals surface area contributed by atoms with E-state index < -0.39 is 10.0 Å². The quantitative estimate of drug-likeness (QED) is 0.799. The Balaban J connectivity index is 2.04. The molecule has 108 valence electrons. The lowest BCUT2D eigenvalue weighted by atomic mass is 10.1. The third kappa shape index (κ3) is 3.66. The van der Waals surface area contributed by atoms with Gasteiger partial charge >= 0.3 is 0 Å². The van der Waals surface area contributed by atoms with Crippen LogP contribution in [0.15, 0.2) is 44.4 Å². The Morgan fingerprint density at radius 3 is 2.50 bits per heavy atom. The topological polar surface area (TPSA) is 37.4 Å². The Labute approximate surface area is 130 Å². The summed E-state index contributed by atoms with van der Waals surface area (Å²) in [5.74, 6) is -0.294. The first kappa shape index (κ1) is 15.6. The lowest BCUT2D eigenvalue weighted by Crippen LogP contribution is -2.28. The van der Waals surface area contributed by atoms with E-state index in [1.54, 1.807) is 30.6 Å². The number of hydrogen-bond donors (Lipinski definition) is 0. The second kappa shape index (κ2) is 6.34. The maximum Gasteiger partial charge on any atom is 0.243 e. The fourth-order valence-corrected chi connectivity index (χ4v) is 4.50. The van der Waals surface area contributed by atoms with Crippen LogP contribution >= 0.6 is 27.3 Å². The van der Waals surface area contributed by atoms with Gasteiger partial charge in [-0.15, -0.1) is 11.3 Å². The van der Waals surface area contributed by atoms with Crippen LogP contribution < -0.4 is 0 Å². The van der Waals surface area contributed by atoms with Crippen LogP contribution in [0.3, 0.4) is 0 Å².